The molecular weight excluding hydrogens is 247 g/mol. The molecule has 0 aliphatic carbocycles. The maximum Gasteiger partial charge on any atom is 0.326 e. The molecule has 0 saturated heterocycles. The lowest BCUT2D eigenvalue weighted by atomic mass is 10.2. The molecule has 0 fully saturated rings. The smallest absolute Gasteiger partial charge is 0.305 e. The standard InChI is InChI=1S/C13H13FN4O/c1-7-10(8(2)17-16-7)6-18-12-4-3-9(14)5-11(12)15-13(18)19/h3-5H,6H2,1-2H3,(H,15,19)(H,16,17). The molecule has 0 atom stereocenters. The Morgan fingerprint density at radius 2 is 2.16 bits per heavy atom. The van der Waals surface area contributed by atoms with Gasteiger partial charge in [0.2, 0.25) is 0 Å². The quantitative estimate of drug-likeness (QED) is 0.738. The first-order chi connectivity index (χ1) is 9.06. The molecule has 2 N–H and O–H groups in total. The average molecular weight is 260 g/mol. The minimum absolute atomic E-state index is 0.249. The average Bonchev–Trinajstić information content (AvgIpc) is 2.83. The highest BCUT2D eigenvalue weighted by Crippen LogP contribution is 2.16. The fraction of sp³-hybridized carbons (Fsp3) is 0.231. The summed E-state index contributed by atoms with van der Waals surface area (Å²) in [5, 5.41) is 7.00. The molecule has 0 unspecified atom stereocenters. The van der Waals surface area contributed by atoms with Gasteiger partial charge in [-0.15, -0.1) is 0 Å². The topological polar surface area (TPSA) is 66.5 Å². The number of aryl methyl sites for hydroxylation is 2. The zero-order chi connectivity index (χ0) is 13.6. The molecule has 19 heavy (non-hydrogen) atoms. The van der Waals surface area contributed by atoms with Crippen LogP contribution >= 0.6 is 0 Å². The first-order valence-corrected chi connectivity index (χ1v) is 5.95. The maximum atomic E-state index is 13.1. The highest BCUT2D eigenvalue weighted by Gasteiger charge is 2.12. The predicted molar refractivity (Wildman–Crippen MR) is 69.7 cm³/mol. The summed E-state index contributed by atoms with van der Waals surface area (Å²) in [5.41, 5.74) is 3.71. The first kappa shape index (κ1) is 11.7. The second-order valence-electron chi connectivity index (χ2n) is 4.59. The van der Waals surface area contributed by atoms with Crippen LogP contribution in [0, 0.1) is 19.7 Å². The van der Waals surface area contributed by atoms with Gasteiger partial charge < -0.3 is 4.98 Å². The Kier molecular flexibility index (Phi) is 2.51. The second-order valence-corrected chi connectivity index (χ2v) is 4.59. The van der Waals surface area contributed by atoms with Crippen molar-refractivity contribution in [2.24, 2.45) is 0 Å². The van der Waals surface area contributed by atoms with E-state index >= 15 is 0 Å². The van der Waals surface area contributed by atoms with Gasteiger partial charge >= 0.3 is 5.69 Å². The lowest BCUT2D eigenvalue weighted by molar-refractivity contribution is 0.629. The Balaban J connectivity index is 2.16. The summed E-state index contributed by atoms with van der Waals surface area (Å²) in [6.45, 7) is 4.21. The van der Waals surface area contributed by atoms with Crippen LogP contribution in [-0.2, 0) is 6.54 Å². The molecule has 0 aliphatic heterocycles. The third kappa shape index (κ3) is 1.85. The summed E-state index contributed by atoms with van der Waals surface area (Å²) < 4.78 is 14.7. The molecule has 0 saturated carbocycles. The van der Waals surface area contributed by atoms with Crippen molar-refractivity contribution < 1.29 is 4.39 Å². The number of hydrogen-bond acceptors (Lipinski definition) is 2. The lowest BCUT2D eigenvalue weighted by Gasteiger charge is -2.03. The third-order valence-electron chi connectivity index (χ3n) is 3.33. The summed E-state index contributed by atoms with van der Waals surface area (Å²) in [6, 6.07) is 4.27. The number of nitrogens with zero attached hydrogens (tertiary/aromatic N) is 2. The molecule has 0 radical (unpaired) electrons. The Bertz CT molecular complexity index is 792. The monoisotopic (exact) mass is 260 g/mol. The van der Waals surface area contributed by atoms with E-state index in [0.717, 1.165) is 17.0 Å². The van der Waals surface area contributed by atoms with Crippen molar-refractivity contribution in [2.75, 3.05) is 0 Å². The number of fused-ring (bicyclic) bond motifs is 1. The van der Waals surface area contributed by atoms with Gasteiger partial charge in [-0.1, -0.05) is 0 Å². The molecule has 98 valence electrons. The summed E-state index contributed by atoms with van der Waals surface area (Å²) in [6.07, 6.45) is 0. The van der Waals surface area contributed by atoms with Crippen molar-refractivity contribution in [3.05, 3.63) is 51.5 Å². The number of imidazole rings is 1. The molecule has 2 aromatic heterocycles. The van der Waals surface area contributed by atoms with Gasteiger partial charge in [0.1, 0.15) is 5.82 Å². The van der Waals surface area contributed by atoms with Crippen LogP contribution in [0.15, 0.2) is 23.0 Å². The Morgan fingerprint density at radius 1 is 1.37 bits per heavy atom. The van der Waals surface area contributed by atoms with Crippen molar-refractivity contribution in [3.8, 4) is 0 Å². The molecule has 0 amide bonds. The van der Waals surface area contributed by atoms with Gasteiger partial charge in [-0.2, -0.15) is 5.10 Å². The second kappa shape index (κ2) is 4.08. The van der Waals surface area contributed by atoms with E-state index in [1.807, 2.05) is 13.8 Å². The number of benzene rings is 1. The molecule has 2 heterocycles. The van der Waals surface area contributed by atoms with E-state index in [2.05, 4.69) is 15.2 Å². The Labute approximate surface area is 108 Å². The number of halogens is 1. The van der Waals surface area contributed by atoms with E-state index in [-0.39, 0.29) is 11.5 Å². The summed E-state index contributed by atoms with van der Waals surface area (Å²) >= 11 is 0. The summed E-state index contributed by atoms with van der Waals surface area (Å²) in [7, 11) is 0. The molecule has 1 aromatic carbocycles. The Hall–Kier alpha value is -2.37. The van der Waals surface area contributed by atoms with Crippen molar-refractivity contribution in [1.82, 2.24) is 19.7 Å². The van der Waals surface area contributed by atoms with Crippen LogP contribution in [0.4, 0.5) is 4.39 Å². The van der Waals surface area contributed by atoms with Crippen LogP contribution in [0.3, 0.4) is 0 Å². The van der Waals surface area contributed by atoms with E-state index in [4.69, 9.17) is 0 Å². The van der Waals surface area contributed by atoms with Crippen molar-refractivity contribution in [1.29, 1.82) is 0 Å². The van der Waals surface area contributed by atoms with Crippen LogP contribution in [0.1, 0.15) is 17.0 Å². The predicted octanol–water partition coefficient (Wildman–Crippen LogP) is 1.86. The van der Waals surface area contributed by atoms with Gasteiger partial charge in [0, 0.05) is 11.3 Å². The summed E-state index contributed by atoms with van der Waals surface area (Å²) in [5.74, 6) is -0.364. The van der Waals surface area contributed by atoms with E-state index in [1.165, 1.54) is 12.1 Å². The zero-order valence-corrected chi connectivity index (χ0v) is 10.6. The number of H-pyrrole nitrogens is 2. The largest absolute Gasteiger partial charge is 0.326 e. The molecule has 0 aliphatic rings. The van der Waals surface area contributed by atoms with Gasteiger partial charge in [-0.3, -0.25) is 9.67 Å². The minimum atomic E-state index is -0.364. The maximum absolute atomic E-state index is 13.1. The van der Waals surface area contributed by atoms with E-state index < -0.39 is 0 Å². The molecule has 0 bridgehead atoms. The minimum Gasteiger partial charge on any atom is -0.305 e. The zero-order valence-electron chi connectivity index (χ0n) is 10.6. The summed E-state index contributed by atoms with van der Waals surface area (Å²) in [4.78, 5) is 14.6. The molecule has 0 spiro atoms. The number of aromatic amines is 2. The van der Waals surface area contributed by atoms with Crippen molar-refractivity contribution in [3.63, 3.8) is 0 Å². The molecule has 3 rings (SSSR count). The molecule has 5 nitrogen and oxygen atoms in total. The van der Waals surface area contributed by atoms with E-state index in [9.17, 15) is 9.18 Å². The van der Waals surface area contributed by atoms with Gasteiger partial charge in [0.15, 0.2) is 0 Å². The van der Waals surface area contributed by atoms with E-state index in [1.54, 1.807) is 10.6 Å². The van der Waals surface area contributed by atoms with Crippen LogP contribution in [0.5, 0.6) is 0 Å². The van der Waals surface area contributed by atoms with Crippen LogP contribution in [-0.4, -0.2) is 19.7 Å². The molecule has 6 heteroatoms. The highest BCUT2D eigenvalue weighted by atomic mass is 19.1. The van der Waals surface area contributed by atoms with Crippen molar-refractivity contribution in [2.45, 2.75) is 20.4 Å². The third-order valence-corrected chi connectivity index (χ3v) is 3.33. The van der Waals surface area contributed by atoms with E-state index in [0.29, 0.717) is 17.6 Å². The van der Waals surface area contributed by atoms with Gasteiger partial charge in [0.05, 0.1) is 23.3 Å². The van der Waals surface area contributed by atoms with Crippen LogP contribution in [0.25, 0.3) is 11.0 Å². The van der Waals surface area contributed by atoms with Crippen LogP contribution < -0.4 is 5.69 Å². The van der Waals surface area contributed by atoms with Gasteiger partial charge in [-0.05, 0) is 32.0 Å². The van der Waals surface area contributed by atoms with Crippen LogP contribution in [0.2, 0.25) is 0 Å². The van der Waals surface area contributed by atoms with Gasteiger partial charge in [-0.25, -0.2) is 9.18 Å². The fourth-order valence-corrected chi connectivity index (χ4v) is 2.26. The fourth-order valence-electron chi connectivity index (χ4n) is 2.26. The first-order valence-electron chi connectivity index (χ1n) is 5.95. The number of aromatic nitrogens is 4. The molecule has 3 aromatic rings. The Morgan fingerprint density at radius 3 is 2.84 bits per heavy atom. The normalized spacial score (nSPS) is 11.3. The lowest BCUT2D eigenvalue weighted by Crippen LogP contribution is -2.17. The highest BCUT2D eigenvalue weighted by molar-refractivity contribution is 5.75. The number of nitrogens with one attached hydrogen (secondary N) is 2. The van der Waals surface area contributed by atoms with Crippen molar-refractivity contribution >= 4 is 11.0 Å². The van der Waals surface area contributed by atoms with Gasteiger partial charge in [0.25, 0.3) is 0 Å². The molecular formula is C13H13FN4O. The SMILES string of the molecule is Cc1n[nH]c(C)c1Cn1c(=O)[nH]c2cc(F)ccc21. The number of rotatable bonds is 2. The number of hydrogen-bond donors (Lipinski definition) is 2.